The third-order valence-electron chi connectivity index (χ3n) is 4.03. The van der Waals surface area contributed by atoms with E-state index in [1.807, 2.05) is 6.07 Å². The molecule has 21 heavy (non-hydrogen) atoms. The van der Waals surface area contributed by atoms with Gasteiger partial charge in [-0.25, -0.2) is 0 Å². The van der Waals surface area contributed by atoms with Gasteiger partial charge in [-0.05, 0) is 55.9 Å². The van der Waals surface area contributed by atoms with E-state index in [0.717, 1.165) is 36.4 Å². The van der Waals surface area contributed by atoms with Crippen molar-refractivity contribution in [1.82, 2.24) is 4.90 Å². The highest BCUT2D eigenvalue weighted by molar-refractivity contribution is 5.97. The van der Waals surface area contributed by atoms with Gasteiger partial charge in [0.2, 0.25) is 0 Å². The van der Waals surface area contributed by atoms with Crippen LogP contribution in [0.1, 0.15) is 18.4 Å². The summed E-state index contributed by atoms with van der Waals surface area (Å²) in [6.07, 6.45) is 2.10. The van der Waals surface area contributed by atoms with Crippen molar-refractivity contribution in [3.8, 4) is 5.75 Å². The van der Waals surface area contributed by atoms with E-state index in [-0.39, 0.29) is 0 Å². The fourth-order valence-corrected chi connectivity index (χ4v) is 2.88. The van der Waals surface area contributed by atoms with E-state index < -0.39 is 0 Å². The van der Waals surface area contributed by atoms with Gasteiger partial charge in [-0.15, -0.1) is 0 Å². The van der Waals surface area contributed by atoms with Gasteiger partial charge in [0.1, 0.15) is 12.4 Å². The number of hydrogen-bond acceptors (Lipinski definition) is 3. The lowest BCUT2D eigenvalue weighted by atomic mass is 9.95. The molecule has 0 spiro atoms. The highest BCUT2D eigenvalue weighted by Gasteiger charge is 2.20. The summed E-state index contributed by atoms with van der Waals surface area (Å²) in [5.41, 5.74) is 9.66. The molecule has 0 atom stereocenters. The quantitative estimate of drug-likeness (QED) is 0.935. The molecule has 0 amide bonds. The van der Waals surface area contributed by atoms with Gasteiger partial charge in [0, 0.05) is 11.3 Å². The Hall–Kier alpha value is -2.00. The van der Waals surface area contributed by atoms with Crippen molar-refractivity contribution in [2.45, 2.75) is 12.8 Å². The highest BCUT2D eigenvalue weighted by atomic mass is 16.5. The Balaban J connectivity index is 1.97. The van der Waals surface area contributed by atoms with Crippen molar-refractivity contribution in [3.05, 3.63) is 47.5 Å². The fourth-order valence-electron chi connectivity index (χ4n) is 2.88. The first kappa shape index (κ1) is 14.0. The second-order valence-electron chi connectivity index (χ2n) is 5.87. The predicted octanol–water partition coefficient (Wildman–Crippen LogP) is 3.24. The Morgan fingerprint density at radius 1 is 1.14 bits per heavy atom. The minimum Gasteiger partial charge on any atom is -0.488 e. The van der Waals surface area contributed by atoms with Crippen molar-refractivity contribution >= 4 is 16.5 Å². The van der Waals surface area contributed by atoms with Crippen LogP contribution in [-0.2, 0) is 0 Å². The third-order valence-corrected chi connectivity index (χ3v) is 4.03. The van der Waals surface area contributed by atoms with Crippen LogP contribution in [0.4, 0.5) is 0 Å². The molecule has 0 unspecified atom stereocenters. The number of hydrogen-bond donors (Lipinski definition) is 1. The molecule has 0 radical (unpaired) electrons. The molecule has 0 saturated carbocycles. The maximum absolute atomic E-state index is 6.46. The zero-order chi connectivity index (χ0) is 14.8. The summed E-state index contributed by atoms with van der Waals surface area (Å²) in [5.74, 6) is 0.905. The van der Waals surface area contributed by atoms with Gasteiger partial charge in [0.05, 0.1) is 0 Å². The van der Waals surface area contributed by atoms with Gasteiger partial charge in [-0.2, -0.15) is 0 Å². The van der Waals surface area contributed by atoms with Crippen LogP contribution in [0.3, 0.4) is 0 Å². The lowest BCUT2D eigenvalue weighted by Crippen LogP contribution is -2.18. The summed E-state index contributed by atoms with van der Waals surface area (Å²) in [7, 11) is 4.19. The van der Waals surface area contributed by atoms with Gasteiger partial charge in [-0.1, -0.05) is 30.3 Å². The van der Waals surface area contributed by atoms with Crippen molar-refractivity contribution in [2.24, 2.45) is 5.73 Å². The summed E-state index contributed by atoms with van der Waals surface area (Å²) < 4.78 is 5.92. The topological polar surface area (TPSA) is 38.5 Å². The molecule has 0 aromatic heterocycles. The molecular formula is C18H22N2O. The Labute approximate surface area is 126 Å². The first-order valence-electron chi connectivity index (χ1n) is 7.44. The first-order valence-corrected chi connectivity index (χ1v) is 7.44. The molecule has 2 aromatic carbocycles. The molecule has 3 rings (SSSR count). The molecule has 3 nitrogen and oxygen atoms in total. The summed E-state index contributed by atoms with van der Waals surface area (Å²) in [6.45, 7) is 1.68. The maximum Gasteiger partial charge on any atom is 0.129 e. The number of nitrogens with zero attached hydrogens (tertiary/aromatic N) is 1. The zero-order valence-corrected chi connectivity index (χ0v) is 12.7. The van der Waals surface area contributed by atoms with Crippen LogP contribution in [0, 0.1) is 0 Å². The Bertz CT molecular complexity index is 689. The van der Waals surface area contributed by atoms with Crippen molar-refractivity contribution in [1.29, 1.82) is 0 Å². The smallest absolute Gasteiger partial charge is 0.129 e. The van der Waals surface area contributed by atoms with E-state index in [4.69, 9.17) is 10.5 Å². The van der Waals surface area contributed by atoms with Crippen molar-refractivity contribution in [2.75, 3.05) is 27.2 Å². The maximum atomic E-state index is 6.46. The second kappa shape index (κ2) is 5.78. The number of ether oxygens (including phenoxy) is 1. The molecule has 2 N–H and O–H groups in total. The zero-order valence-electron chi connectivity index (χ0n) is 12.7. The summed E-state index contributed by atoms with van der Waals surface area (Å²) in [6, 6.07) is 12.5. The van der Waals surface area contributed by atoms with E-state index >= 15 is 0 Å². The first-order chi connectivity index (χ1) is 10.2. The molecule has 110 valence electrons. The Morgan fingerprint density at radius 3 is 2.76 bits per heavy atom. The largest absolute Gasteiger partial charge is 0.488 e. The summed E-state index contributed by atoms with van der Waals surface area (Å²) in [4.78, 5) is 2.20. The van der Waals surface area contributed by atoms with Crippen LogP contribution in [0.2, 0.25) is 0 Å². The normalized spacial score (nSPS) is 14.4. The number of benzene rings is 2. The molecule has 0 aliphatic carbocycles. The lowest BCUT2D eigenvalue weighted by molar-refractivity contribution is 0.335. The molecule has 2 aromatic rings. The molecule has 0 bridgehead atoms. The van der Waals surface area contributed by atoms with Crippen LogP contribution in [0.5, 0.6) is 5.75 Å². The minimum absolute atomic E-state index is 0.616. The molecule has 1 heterocycles. The van der Waals surface area contributed by atoms with E-state index in [1.54, 1.807) is 0 Å². The Morgan fingerprint density at radius 2 is 1.95 bits per heavy atom. The van der Waals surface area contributed by atoms with Crippen LogP contribution in [0.25, 0.3) is 16.5 Å². The summed E-state index contributed by atoms with van der Waals surface area (Å²) in [5, 5.41) is 2.38. The Kier molecular flexibility index (Phi) is 3.84. The van der Waals surface area contributed by atoms with Crippen molar-refractivity contribution in [3.63, 3.8) is 0 Å². The predicted molar refractivity (Wildman–Crippen MR) is 88.3 cm³/mol. The standard InChI is InChI=1S/C18H22N2O/c1-20(2)11-5-7-14-12-21-16-10-9-13-6-3-4-8-15(13)17(16)18(14)19/h3-4,6,8-10H,5,7,11-12,19H2,1-2H3. The van der Waals surface area contributed by atoms with Gasteiger partial charge >= 0.3 is 0 Å². The van der Waals surface area contributed by atoms with Gasteiger partial charge in [0.15, 0.2) is 0 Å². The number of fused-ring (bicyclic) bond motifs is 3. The van der Waals surface area contributed by atoms with E-state index in [2.05, 4.69) is 49.3 Å². The van der Waals surface area contributed by atoms with Gasteiger partial charge < -0.3 is 15.4 Å². The molecular weight excluding hydrogens is 260 g/mol. The van der Waals surface area contributed by atoms with E-state index in [9.17, 15) is 0 Å². The van der Waals surface area contributed by atoms with Crippen LogP contribution in [0.15, 0.2) is 42.0 Å². The molecule has 1 aliphatic heterocycles. The van der Waals surface area contributed by atoms with Crippen LogP contribution >= 0.6 is 0 Å². The third kappa shape index (κ3) is 2.74. The lowest BCUT2D eigenvalue weighted by Gasteiger charge is -2.23. The monoisotopic (exact) mass is 282 g/mol. The van der Waals surface area contributed by atoms with Gasteiger partial charge in [0.25, 0.3) is 0 Å². The average molecular weight is 282 g/mol. The van der Waals surface area contributed by atoms with Crippen molar-refractivity contribution < 1.29 is 4.74 Å². The fraction of sp³-hybridized carbons (Fsp3) is 0.333. The molecule has 1 aliphatic rings. The highest BCUT2D eigenvalue weighted by Crippen LogP contribution is 2.37. The molecule has 0 fully saturated rings. The molecule has 3 heteroatoms. The second-order valence-corrected chi connectivity index (χ2v) is 5.87. The molecule has 0 saturated heterocycles. The minimum atomic E-state index is 0.616. The van der Waals surface area contributed by atoms with Crippen LogP contribution in [-0.4, -0.2) is 32.1 Å². The average Bonchev–Trinajstić information content (AvgIpc) is 2.49. The van der Waals surface area contributed by atoms with Gasteiger partial charge in [-0.3, -0.25) is 0 Å². The van der Waals surface area contributed by atoms with E-state index in [1.165, 1.54) is 16.3 Å². The van der Waals surface area contributed by atoms with Crippen LogP contribution < -0.4 is 10.5 Å². The number of nitrogens with two attached hydrogens (primary N) is 1. The SMILES string of the molecule is CN(C)CCCC1=C(N)c2c(ccc3ccccc23)OC1. The number of rotatable bonds is 4. The summed E-state index contributed by atoms with van der Waals surface area (Å²) >= 11 is 0. The van der Waals surface area contributed by atoms with E-state index in [0.29, 0.717) is 6.61 Å².